The molecule has 1 aromatic rings. The van der Waals surface area contributed by atoms with Crippen molar-refractivity contribution in [3.05, 3.63) is 23.9 Å². The topological polar surface area (TPSA) is 48.5 Å². The highest BCUT2D eigenvalue weighted by Crippen LogP contribution is 2.13. The highest BCUT2D eigenvalue weighted by Gasteiger charge is 2.13. The van der Waals surface area contributed by atoms with Gasteiger partial charge in [0, 0.05) is 32.9 Å². The SMILES string of the molecule is CC(C)CC(CN(C)C)Nc1ccc(C(=O)N(C)C)cn1. The number of likely N-dealkylation sites (N-methyl/N-ethyl adjacent to an activating group) is 1. The number of hydrogen-bond acceptors (Lipinski definition) is 4. The number of rotatable bonds is 7. The average molecular weight is 292 g/mol. The molecule has 1 aromatic heterocycles. The van der Waals surface area contributed by atoms with E-state index in [0.717, 1.165) is 18.8 Å². The summed E-state index contributed by atoms with van der Waals surface area (Å²) in [6.45, 7) is 5.39. The van der Waals surface area contributed by atoms with Gasteiger partial charge in [0.15, 0.2) is 0 Å². The third kappa shape index (κ3) is 6.12. The Morgan fingerprint density at radius 1 is 1.24 bits per heavy atom. The molecule has 0 spiro atoms. The van der Waals surface area contributed by atoms with Crippen LogP contribution < -0.4 is 5.32 Å². The van der Waals surface area contributed by atoms with E-state index in [1.54, 1.807) is 25.2 Å². The van der Waals surface area contributed by atoms with Gasteiger partial charge in [-0.05, 0) is 38.6 Å². The standard InChI is InChI=1S/C16H28N4O/c1-12(2)9-14(11-19(3)4)18-15-8-7-13(10-17-15)16(21)20(5)6/h7-8,10,12,14H,9,11H2,1-6H3,(H,17,18). The summed E-state index contributed by atoms with van der Waals surface area (Å²) in [7, 11) is 7.62. The van der Waals surface area contributed by atoms with Crippen LogP contribution in [0.4, 0.5) is 5.82 Å². The molecule has 21 heavy (non-hydrogen) atoms. The van der Waals surface area contributed by atoms with Crippen molar-refractivity contribution in [1.82, 2.24) is 14.8 Å². The second kappa shape index (κ2) is 7.98. The first-order chi connectivity index (χ1) is 9.79. The quantitative estimate of drug-likeness (QED) is 0.837. The minimum absolute atomic E-state index is 0.0268. The Kier molecular flexibility index (Phi) is 6.62. The summed E-state index contributed by atoms with van der Waals surface area (Å²) >= 11 is 0. The van der Waals surface area contributed by atoms with Crippen LogP contribution in [0.15, 0.2) is 18.3 Å². The molecule has 1 N–H and O–H groups in total. The third-order valence-corrected chi connectivity index (χ3v) is 3.11. The number of hydrogen-bond donors (Lipinski definition) is 1. The van der Waals surface area contributed by atoms with Gasteiger partial charge < -0.3 is 15.1 Å². The largest absolute Gasteiger partial charge is 0.366 e. The van der Waals surface area contributed by atoms with E-state index in [4.69, 9.17) is 0 Å². The molecule has 0 saturated carbocycles. The second-order valence-electron chi connectivity index (χ2n) is 6.36. The molecule has 1 amide bonds. The fraction of sp³-hybridized carbons (Fsp3) is 0.625. The maximum atomic E-state index is 11.8. The van der Waals surface area contributed by atoms with Gasteiger partial charge in [-0.3, -0.25) is 4.79 Å². The molecule has 0 aromatic carbocycles. The number of carbonyl (C=O) groups excluding carboxylic acids is 1. The molecule has 0 aliphatic carbocycles. The Labute approximate surface area is 128 Å². The number of anilines is 1. The molecule has 1 atom stereocenters. The van der Waals surface area contributed by atoms with E-state index in [1.165, 1.54) is 0 Å². The lowest BCUT2D eigenvalue weighted by atomic mass is 10.0. The maximum Gasteiger partial charge on any atom is 0.254 e. The Balaban J connectivity index is 2.73. The van der Waals surface area contributed by atoms with E-state index in [9.17, 15) is 4.79 Å². The van der Waals surface area contributed by atoms with Gasteiger partial charge in [-0.25, -0.2) is 4.98 Å². The average Bonchev–Trinajstić information content (AvgIpc) is 2.37. The zero-order valence-corrected chi connectivity index (χ0v) is 14.1. The first kappa shape index (κ1) is 17.4. The van der Waals surface area contributed by atoms with Crippen molar-refractivity contribution < 1.29 is 4.79 Å². The number of nitrogens with zero attached hydrogens (tertiary/aromatic N) is 3. The van der Waals surface area contributed by atoms with Crippen molar-refractivity contribution in [2.45, 2.75) is 26.3 Å². The van der Waals surface area contributed by atoms with Crippen molar-refractivity contribution >= 4 is 11.7 Å². The van der Waals surface area contributed by atoms with Crippen LogP contribution in [0.3, 0.4) is 0 Å². The van der Waals surface area contributed by atoms with E-state index < -0.39 is 0 Å². The molecular weight excluding hydrogens is 264 g/mol. The predicted octanol–water partition coefficient (Wildman–Crippen LogP) is 2.17. The summed E-state index contributed by atoms with van der Waals surface area (Å²) in [5, 5.41) is 3.46. The third-order valence-electron chi connectivity index (χ3n) is 3.11. The van der Waals surface area contributed by atoms with Crippen LogP contribution >= 0.6 is 0 Å². The van der Waals surface area contributed by atoms with Crippen molar-refractivity contribution in [1.29, 1.82) is 0 Å². The first-order valence-electron chi connectivity index (χ1n) is 7.38. The summed E-state index contributed by atoms with van der Waals surface area (Å²) in [5.41, 5.74) is 0.610. The van der Waals surface area contributed by atoms with Gasteiger partial charge in [-0.15, -0.1) is 0 Å². The molecule has 0 saturated heterocycles. The molecule has 5 heteroatoms. The summed E-state index contributed by atoms with van der Waals surface area (Å²) in [4.78, 5) is 19.9. The van der Waals surface area contributed by atoms with Crippen molar-refractivity contribution in [2.75, 3.05) is 40.1 Å². The summed E-state index contributed by atoms with van der Waals surface area (Å²) in [5.74, 6) is 1.41. The molecule has 1 rings (SSSR count). The van der Waals surface area contributed by atoms with Gasteiger partial charge >= 0.3 is 0 Å². The van der Waals surface area contributed by atoms with E-state index in [1.807, 2.05) is 12.1 Å². The van der Waals surface area contributed by atoms with Gasteiger partial charge in [0.05, 0.1) is 5.56 Å². The molecule has 0 bridgehead atoms. The Bertz CT molecular complexity index is 430. The molecule has 0 aliphatic heterocycles. The zero-order valence-electron chi connectivity index (χ0n) is 14.1. The van der Waals surface area contributed by atoms with Gasteiger partial charge in [0.1, 0.15) is 5.82 Å². The maximum absolute atomic E-state index is 11.8. The minimum Gasteiger partial charge on any atom is -0.366 e. The van der Waals surface area contributed by atoms with E-state index in [2.05, 4.69) is 43.1 Å². The minimum atomic E-state index is -0.0268. The van der Waals surface area contributed by atoms with Crippen molar-refractivity contribution in [2.24, 2.45) is 5.92 Å². The van der Waals surface area contributed by atoms with Crippen molar-refractivity contribution in [3.63, 3.8) is 0 Å². The summed E-state index contributed by atoms with van der Waals surface area (Å²) in [6.07, 6.45) is 2.71. The summed E-state index contributed by atoms with van der Waals surface area (Å²) < 4.78 is 0. The molecular formula is C16H28N4O. The number of amides is 1. The predicted molar refractivity (Wildman–Crippen MR) is 87.7 cm³/mol. The van der Waals surface area contributed by atoms with E-state index in [-0.39, 0.29) is 5.91 Å². The van der Waals surface area contributed by atoms with Crippen LogP contribution in [0, 0.1) is 5.92 Å². The number of nitrogens with one attached hydrogen (secondary N) is 1. The number of aromatic nitrogens is 1. The van der Waals surface area contributed by atoms with Gasteiger partial charge in [-0.2, -0.15) is 0 Å². The highest BCUT2D eigenvalue weighted by atomic mass is 16.2. The highest BCUT2D eigenvalue weighted by molar-refractivity contribution is 5.93. The zero-order chi connectivity index (χ0) is 16.0. The van der Waals surface area contributed by atoms with Crippen LogP contribution in [0.2, 0.25) is 0 Å². The lowest BCUT2D eigenvalue weighted by Crippen LogP contribution is -2.33. The first-order valence-corrected chi connectivity index (χ1v) is 7.38. The number of carbonyl (C=O) groups is 1. The fourth-order valence-electron chi connectivity index (χ4n) is 2.26. The molecule has 1 unspecified atom stereocenters. The number of pyridine rings is 1. The smallest absolute Gasteiger partial charge is 0.254 e. The molecule has 0 fully saturated rings. The Morgan fingerprint density at radius 2 is 1.90 bits per heavy atom. The van der Waals surface area contributed by atoms with Gasteiger partial charge in [0.25, 0.3) is 5.91 Å². The van der Waals surface area contributed by atoms with Crippen LogP contribution in [-0.2, 0) is 0 Å². The molecule has 0 aliphatic rings. The van der Waals surface area contributed by atoms with Gasteiger partial charge in [-0.1, -0.05) is 13.8 Å². The van der Waals surface area contributed by atoms with E-state index >= 15 is 0 Å². The lowest BCUT2D eigenvalue weighted by molar-refractivity contribution is 0.0827. The van der Waals surface area contributed by atoms with Crippen LogP contribution in [-0.4, -0.2) is 61.5 Å². The molecule has 118 valence electrons. The fourth-order valence-corrected chi connectivity index (χ4v) is 2.26. The van der Waals surface area contributed by atoms with Crippen molar-refractivity contribution in [3.8, 4) is 0 Å². The lowest BCUT2D eigenvalue weighted by Gasteiger charge is -2.24. The Hall–Kier alpha value is -1.62. The normalized spacial score (nSPS) is 12.6. The monoisotopic (exact) mass is 292 g/mol. The van der Waals surface area contributed by atoms with Crippen LogP contribution in [0.5, 0.6) is 0 Å². The Morgan fingerprint density at radius 3 is 2.33 bits per heavy atom. The van der Waals surface area contributed by atoms with Crippen LogP contribution in [0.25, 0.3) is 0 Å². The molecule has 1 heterocycles. The van der Waals surface area contributed by atoms with Crippen LogP contribution in [0.1, 0.15) is 30.6 Å². The van der Waals surface area contributed by atoms with Gasteiger partial charge in [0.2, 0.25) is 0 Å². The van der Waals surface area contributed by atoms with E-state index in [0.29, 0.717) is 17.5 Å². The molecule has 5 nitrogen and oxygen atoms in total. The molecule has 0 radical (unpaired) electrons. The second-order valence-corrected chi connectivity index (χ2v) is 6.36. The summed E-state index contributed by atoms with van der Waals surface area (Å²) in [6, 6.07) is 4.04.